The molecule has 0 aromatic heterocycles. The molecule has 5 heteroatoms. The zero-order valence-corrected chi connectivity index (χ0v) is 8.42. The molecule has 2 heterocycles. The number of nitrogens with zero attached hydrogens (tertiary/aromatic N) is 1. The Morgan fingerprint density at radius 2 is 2.42 bits per heavy atom. The molecule has 12 heavy (non-hydrogen) atoms. The Morgan fingerprint density at radius 1 is 1.50 bits per heavy atom. The second kappa shape index (κ2) is 3.89. The minimum absolute atomic E-state index is 0.0914. The van der Waals surface area contributed by atoms with E-state index in [2.05, 4.69) is 5.32 Å². The van der Waals surface area contributed by atoms with Crippen molar-refractivity contribution < 1.29 is 4.79 Å². The van der Waals surface area contributed by atoms with E-state index in [1.54, 1.807) is 11.8 Å². The number of carbonyl (C=O) groups is 1. The van der Waals surface area contributed by atoms with Gasteiger partial charge in [0.05, 0.1) is 11.9 Å². The number of rotatable bonds is 1. The van der Waals surface area contributed by atoms with Crippen molar-refractivity contribution in [3.63, 3.8) is 0 Å². The molecular weight excluding hydrogens is 192 g/mol. The summed E-state index contributed by atoms with van der Waals surface area (Å²) in [6.45, 7) is 0.937. The number of nitrogens with one attached hydrogen (secondary N) is 1. The van der Waals surface area contributed by atoms with Crippen molar-refractivity contribution in [2.45, 2.75) is 6.04 Å². The molecule has 0 aliphatic carbocycles. The molecule has 0 radical (unpaired) electrons. The van der Waals surface area contributed by atoms with Gasteiger partial charge < -0.3 is 4.90 Å². The highest BCUT2D eigenvalue weighted by atomic mass is 32.2. The standard InChI is InChI=1S/C7H12N2OS2/c10-7(6-3-12-4-8-6)9-1-2-11-5-9/h6,8H,1-5H2. The molecule has 1 atom stereocenters. The molecule has 0 saturated carbocycles. The molecule has 2 saturated heterocycles. The molecule has 0 aromatic carbocycles. The Bertz CT molecular complexity index is 158. The lowest BCUT2D eigenvalue weighted by molar-refractivity contribution is -0.131. The highest BCUT2D eigenvalue weighted by Gasteiger charge is 2.28. The van der Waals surface area contributed by atoms with Crippen molar-refractivity contribution >= 4 is 29.4 Å². The molecule has 1 amide bonds. The van der Waals surface area contributed by atoms with Gasteiger partial charge in [-0.2, -0.15) is 0 Å². The van der Waals surface area contributed by atoms with Crippen LogP contribution in [-0.2, 0) is 4.79 Å². The Morgan fingerprint density at radius 3 is 3.00 bits per heavy atom. The Balaban J connectivity index is 1.89. The maximum Gasteiger partial charge on any atom is 0.241 e. The average Bonchev–Trinajstić information content (AvgIpc) is 2.77. The van der Waals surface area contributed by atoms with E-state index in [0.29, 0.717) is 5.91 Å². The fraction of sp³-hybridized carbons (Fsp3) is 0.857. The van der Waals surface area contributed by atoms with Gasteiger partial charge in [0.15, 0.2) is 0 Å². The third-order valence-electron chi connectivity index (χ3n) is 2.08. The van der Waals surface area contributed by atoms with Gasteiger partial charge in [0.25, 0.3) is 0 Å². The molecule has 2 fully saturated rings. The first-order chi connectivity index (χ1) is 5.88. The van der Waals surface area contributed by atoms with Gasteiger partial charge in [-0.05, 0) is 0 Å². The second-order valence-electron chi connectivity index (χ2n) is 2.91. The van der Waals surface area contributed by atoms with Gasteiger partial charge in [-0.3, -0.25) is 10.1 Å². The summed E-state index contributed by atoms with van der Waals surface area (Å²) in [5.41, 5.74) is 0. The predicted molar refractivity (Wildman–Crippen MR) is 53.3 cm³/mol. The first-order valence-corrected chi connectivity index (χ1v) is 6.36. The van der Waals surface area contributed by atoms with E-state index in [-0.39, 0.29) is 6.04 Å². The van der Waals surface area contributed by atoms with Crippen molar-refractivity contribution in [2.24, 2.45) is 0 Å². The summed E-state index contributed by atoms with van der Waals surface area (Å²) < 4.78 is 0. The van der Waals surface area contributed by atoms with Crippen LogP contribution in [0.5, 0.6) is 0 Å². The zero-order chi connectivity index (χ0) is 8.39. The van der Waals surface area contributed by atoms with Crippen LogP contribution < -0.4 is 5.32 Å². The second-order valence-corrected chi connectivity index (χ2v) is 5.02. The van der Waals surface area contributed by atoms with Gasteiger partial charge in [-0.1, -0.05) is 0 Å². The number of hydrogen-bond acceptors (Lipinski definition) is 4. The topological polar surface area (TPSA) is 32.3 Å². The molecule has 68 valence electrons. The maximum absolute atomic E-state index is 11.7. The van der Waals surface area contributed by atoms with Crippen LogP contribution in [0.2, 0.25) is 0 Å². The van der Waals surface area contributed by atoms with Crippen LogP contribution in [0.4, 0.5) is 0 Å². The van der Waals surface area contributed by atoms with E-state index < -0.39 is 0 Å². The molecule has 1 unspecified atom stereocenters. The minimum Gasteiger partial charge on any atom is -0.331 e. The van der Waals surface area contributed by atoms with Crippen LogP contribution in [0.15, 0.2) is 0 Å². The third kappa shape index (κ3) is 1.72. The highest BCUT2D eigenvalue weighted by Crippen LogP contribution is 2.17. The normalized spacial score (nSPS) is 29.7. The Kier molecular flexibility index (Phi) is 2.83. The molecule has 0 aromatic rings. The first kappa shape index (κ1) is 8.72. The molecule has 2 rings (SSSR count). The van der Waals surface area contributed by atoms with E-state index >= 15 is 0 Å². The highest BCUT2D eigenvalue weighted by molar-refractivity contribution is 7.99. The maximum atomic E-state index is 11.7. The number of carbonyl (C=O) groups excluding carboxylic acids is 1. The van der Waals surface area contributed by atoms with Crippen LogP contribution in [0, 0.1) is 0 Å². The number of amides is 1. The fourth-order valence-corrected chi connectivity index (χ4v) is 3.25. The Labute approximate surface area is 80.6 Å². The SMILES string of the molecule is O=C(C1CSCN1)N1CCSC1. The smallest absolute Gasteiger partial charge is 0.241 e. The number of thioether (sulfide) groups is 2. The summed E-state index contributed by atoms with van der Waals surface area (Å²) in [4.78, 5) is 13.6. The van der Waals surface area contributed by atoms with Gasteiger partial charge in [0.2, 0.25) is 5.91 Å². The molecular formula is C7H12N2OS2. The molecule has 2 aliphatic heterocycles. The van der Waals surface area contributed by atoms with Crippen molar-refractivity contribution in [3.05, 3.63) is 0 Å². The number of hydrogen-bond donors (Lipinski definition) is 1. The Hall–Kier alpha value is 0.130. The first-order valence-electron chi connectivity index (χ1n) is 4.05. The van der Waals surface area contributed by atoms with E-state index in [9.17, 15) is 4.79 Å². The molecule has 1 N–H and O–H groups in total. The summed E-state index contributed by atoms with van der Waals surface area (Å²) in [5.74, 6) is 4.16. The molecule has 0 spiro atoms. The quantitative estimate of drug-likeness (QED) is 0.660. The van der Waals surface area contributed by atoms with E-state index in [0.717, 1.165) is 29.8 Å². The van der Waals surface area contributed by atoms with Gasteiger partial charge in [0.1, 0.15) is 0 Å². The predicted octanol–water partition coefficient (Wildman–Crippen LogP) is 0.182. The van der Waals surface area contributed by atoms with Gasteiger partial charge in [-0.25, -0.2) is 0 Å². The fourth-order valence-electron chi connectivity index (χ4n) is 1.36. The monoisotopic (exact) mass is 204 g/mol. The largest absolute Gasteiger partial charge is 0.331 e. The lowest BCUT2D eigenvalue weighted by atomic mass is 10.3. The summed E-state index contributed by atoms with van der Waals surface area (Å²) in [6, 6.07) is 0.0914. The van der Waals surface area contributed by atoms with Gasteiger partial charge >= 0.3 is 0 Å². The molecule has 2 aliphatic rings. The van der Waals surface area contributed by atoms with Crippen molar-refractivity contribution in [1.82, 2.24) is 10.2 Å². The van der Waals surface area contributed by atoms with Crippen LogP contribution in [0.25, 0.3) is 0 Å². The van der Waals surface area contributed by atoms with E-state index in [1.807, 2.05) is 16.7 Å². The molecule has 3 nitrogen and oxygen atoms in total. The van der Waals surface area contributed by atoms with Crippen LogP contribution >= 0.6 is 23.5 Å². The van der Waals surface area contributed by atoms with Crippen LogP contribution in [-0.4, -0.2) is 46.7 Å². The van der Waals surface area contributed by atoms with Crippen molar-refractivity contribution in [1.29, 1.82) is 0 Å². The van der Waals surface area contributed by atoms with Gasteiger partial charge in [0, 0.05) is 23.9 Å². The summed E-state index contributed by atoms with van der Waals surface area (Å²) in [5, 5.41) is 3.20. The van der Waals surface area contributed by atoms with Crippen molar-refractivity contribution in [3.8, 4) is 0 Å². The lowest BCUT2D eigenvalue weighted by Crippen LogP contribution is -2.43. The van der Waals surface area contributed by atoms with E-state index in [4.69, 9.17) is 0 Å². The summed E-state index contributed by atoms with van der Waals surface area (Å²) in [7, 11) is 0. The van der Waals surface area contributed by atoms with Crippen LogP contribution in [0.1, 0.15) is 0 Å². The van der Waals surface area contributed by atoms with E-state index in [1.165, 1.54) is 0 Å². The summed E-state index contributed by atoms with van der Waals surface area (Å²) >= 11 is 3.64. The van der Waals surface area contributed by atoms with Crippen molar-refractivity contribution in [2.75, 3.05) is 29.8 Å². The third-order valence-corrected chi connectivity index (χ3v) is 3.98. The average molecular weight is 204 g/mol. The lowest BCUT2D eigenvalue weighted by Gasteiger charge is -2.18. The van der Waals surface area contributed by atoms with Gasteiger partial charge in [-0.15, -0.1) is 23.5 Å². The summed E-state index contributed by atoms with van der Waals surface area (Å²) in [6.07, 6.45) is 0. The molecule has 0 bridgehead atoms. The zero-order valence-electron chi connectivity index (χ0n) is 6.78. The van der Waals surface area contributed by atoms with Crippen LogP contribution in [0.3, 0.4) is 0 Å². The minimum atomic E-state index is 0.0914.